The molecule has 1 N–H and O–H groups in total. The van der Waals surface area contributed by atoms with Crippen LogP contribution in [0.15, 0.2) is 60.8 Å². The van der Waals surface area contributed by atoms with Crippen molar-refractivity contribution in [1.82, 2.24) is 9.88 Å². The first-order valence-corrected chi connectivity index (χ1v) is 10.3. The minimum atomic E-state index is -0.0531. The van der Waals surface area contributed by atoms with Gasteiger partial charge in [0.05, 0.1) is 6.34 Å². The van der Waals surface area contributed by atoms with Gasteiger partial charge in [0.1, 0.15) is 0 Å². The second-order valence-corrected chi connectivity index (χ2v) is 7.67. The molecule has 4 nitrogen and oxygen atoms in total. The van der Waals surface area contributed by atoms with E-state index in [2.05, 4.69) is 11.1 Å². The molecule has 1 amide bonds. The van der Waals surface area contributed by atoms with Crippen molar-refractivity contribution in [3.05, 3.63) is 77.6 Å². The minimum absolute atomic E-state index is 0.0531. The van der Waals surface area contributed by atoms with Crippen LogP contribution in [0, 0.1) is 19.3 Å². The number of amides is 1. The maximum atomic E-state index is 12.7. The van der Waals surface area contributed by atoms with Crippen molar-refractivity contribution < 1.29 is 4.79 Å². The molecule has 1 aromatic heterocycles. The molecule has 2 aromatic carbocycles. The van der Waals surface area contributed by atoms with Crippen LogP contribution in [0.5, 0.6) is 0 Å². The molecule has 0 aliphatic heterocycles. The number of hydrogen-bond donors (Lipinski definition) is 1. The monoisotopic (exact) mass is 387 g/mol. The van der Waals surface area contributed by atoms with E-state index in [-0.39, 0.29) is 11.9 Å². The predicted octanol–water partition coefficient (Wildman–Crippen LogP) is 5.92. The molecule has 1 aliphatic rings. The fourth-order valence-corrected chi connectivity index (χ4v) is 3.70. The number of nitrogens with zero attached hydrogens (tertiary/aromatic N) is 2. The Balaban J connectivity index is 0.000000252. The second kappa shape index (κ2) is 9.97. The zero-order valence-corrected chi connectivity index (χ0v) is 17.3. The standard InChI is InChI=1S/C18H20N2O.C7H9N/c19-13-20(17-8-2-1-3-9-17)18(21)16-11-10-14-6-4-5-7-15(14)12-16;1-6-3-4-7(2)8-5-6/h4-7,10-13,17,19H,1-3,8-9H2;3-5H,1-2H3. The van der Waals surface area contributed by atoms with E-state index >= 15 is 0 Å². The maximum Gasteiger partial charge on any atom is 0.259 e. The summed E-state index contributed by atoms with van der Waals surface area (Å²) in [6.45, 7) is 4.02. The molecule has 0 atom stereocenters. The molecule has 0 saturated heterocycles. The highest BCUT2D eigenvalue weighted by atomic mass is 16.2. The summed E-state index contributed by atoms with van der Waals surface area (Å²) in [5.74, 6) is -0.0531. The molecule has 1 aliphatic carbocycles. The van der Waals surface area contributed by atoms with Crippen molar-refractivity contribution in [2.24, 2.45) is 0 Å². The highest BCUT2D eigenvalue weighted by Gasteiger charge is 2.24. The summed E-state index contributed by atoms with van der Waals surface area (Å²) in [5, 5.41) is 9.82. The van der Waals surface area contributed by atoms with Gasteiger partial charge in [0.25, 0.3) is 5.91 Å². The summed E-state index contributed by atoms with van der Waals surface area (Å²) in [6, 6.07) is 18.1. The van der Waals surface area contributed by atoms with Crippen LogP contribution in [-0.2, 0) is 0 Å². The average molecular weight is 388 g/mol. The Morgan fingerprint density at radius 2 is 1.72 bits per heavy atom. The molecule has 4 rings (SSSR count). The molecule has 4 heteroatoms. The van der Waals surface area contributed by atoms with Gasteiger partial charge in [0.15, 0.2) is 0 Å². The Kier molecular flexibility index (Phi) is 7.12. The van der Waals surface area contributed by atoms with Crippen LogP contribution in [0.4, 0.5) is 0 Å². The van der Waals surface area contributed by atoms with Gasteiger partial charge in [-0.05, 0) is 61.2 Å². The number of carbonyl (C=O) groups excluding carboxylic acids is 1. The molecule has 1 saturated carbocycles. The molecule has 3 aromatic rings. The molecule has 0 spiro atoms. The van der Waals surface area contributed by atoms with Gasteiger partial charge in [0.2, 0.25) is 0 Å². The summed E-state index contributed by atoms with van der Waals surface area (Å²) in [5.41, 5.74) is 2.97. The lowest BCUT2D eigenvalue weighted by molar-refractivity contribution is 0.0783. The molecule has 0 unspecified atom stereocenters. The quantitative estimate of drug-likeness (QED) is 0.448. The van der Waals surface area contributed by atoms with E-state index < -0.39 is 0 Å². The molecular formula is C25H29N3O. The molecule has 1 heterocycles. The van der Waals surface area contributed by atoms with Gasteiger partial charge < -0.3 is 0 Å². The number of nitrogens with one attached hydrogen (secondary N) is 1. The van der Waals surface area contributed by atoms with Gasteiger partial charge in [-0.25, -0.2) is 0 Å². The van der Waals surface area contributed by atoms with Crippen molar-refractivity contribution in [3.63, 3.8) is 0 Å². The molecular weight excluding hydrogens is 358 g/mol. The first-order chi connectivity index (χ1) is 14.1. The first-order valence-electron chi connectivity index (χ1n) is 10.3. The topological polar surface area (TPSA) is 57.1 Å². The summed E-state index contributed by atoms with van der Waals surface area (Å²) >= 11 is 0. The van der Waals surface area contributed by atoms with E-state index in [0.717, 1.165) is 42.1 Å². The molecule has 29 heavy (non-hydrogen) atoms. The summed E-state index contributed by atoms with van der Waals surface area (Å²) in [7, 11) is 0. The van der Waals surface area contributed by atoms with Gasteiger partial charge in [-0.15, -0.1) is 0 Å². The molecule has 0 bridgehead atoms. The minimum Gasteiger partial charge on any atom is -0.296 e. The van der Waals surface area contributed by atoms with E-state index in [4.69, 9.17) is 5.41 Å². The predicted molar refractivity (Wildman–Crippen MR) is 119 cm³/mol. The van der Waals surface area contributed by atoms with Crippen LogP contribution in [0.25, 0.3) is 10.8 Å². The van der Waals surface area contributed by atoms with Crippen LogP contribution >= 0.6 is 0 Å². The fourth-order valence-electron chi connectivity index (χ4n) is 3.70. The number of fused-ring (bicyclic) bond motifs is 1. The van der Waals surface area contributed by atoms with E-state index in [1.807, 2.05) is 68.6 Å². The van der Waals surface area contributed by atoms with Gasteiger partial charge in [0, 0.05) is 23.5 Å². The zero-order valence-electron chi connectivity index (χ0n) is 17.3. The van der Waals surface area contributed by atoms with Crippen LogP contribution in [0.1, 0.15) is 53.7 Å². The maximum absolute atomic E-state index is 12.7. The third-order valence-corrected chi connectivity index (χ3v) is 5.40. The lowest BCUT2D eigenvalue weighted by Crippen LogP contribution is -2.40. The lowest BCUT2D eigenvalue weighted by Gasteiger charge is -2.31. The number of aryl methyl sites for hydroxylation is 2. The van der Waals surface area contributed by atoms with Gasteiger partial charge in [-0.3, -0.25) is 20.1 Å². The van der Waals surface area contributed by atoms with Crippen molar-refractivity contribution in [3.8, 4) is 0 Å². The number of aromatic nitrogens is 1. The molecule has 1 fully saturated rings. The highest BCUT2D eigenvalue weighted by molar-refractivity contribution is 6.03. The lowest BCUT2D eigenvalue weighted by atomic mass is 9.94. The Hall–Kier alpha value is -3.01. The van der Waals surface area contributed by atoms with Gasteiger partial charge in [-0.1, -0.05) is 55.7 Å². The second-order valence-electron chi connectivity index (χ2n) is 7.67. The van der Waals surface area contributed by atoms with E-state index in [9.17, 15) is 4.79 Å². The summed E-state index contributed by atoms with van der Waals surface area (Å²) in [4.78, 5) is 18.4. The largest absolute Gasteiger partial charge is 0.296 e. The SMILES string of the molecule is Cc1ccc(C)nc1.N=CN(C(=O)c1ccc2ccccc2c1)C1CCCCC1. The highest BCUT2D eigenvalue weighted by Crippen LogP contribution is 2.24. The molecule has 0 radical (unpaired) electrons. The van der Waals surface area contributed by atoms with E-state index in [1.54, 1.807) is 4.90 Å². The van der Waals surface area contributed by atoms with Crippen LogP contribution in [-0.4, -0.2) is 28.2 Å². The number of rotatable bonds is 3. The number of carbonyl (C=O) groups is 1. The average Bonchev–Trinajstić information content (AvgIpc) is 2.77. The Morgan fingerprint density at radius 1 is 1.00 bits per heavy atom. The van der Waals surface area contributed by atoms with Crippen molar-refractivity contribution >= 4 is 23.0 Å². The zero-order chi connectivity index (χ0) is 20.6. The van der Waals surface area contributed by atoms with E-state index in [1.165, 1.54) is 18.3 Å². The number of pyridine rings is 1. The van der Waals surface area contributed by atoms with Crippen LogP contribution in [0.3, 0.4) is 0 Å². The Labute approximate surface area is 173 Å². The smallest absolute Gasteiger partial charge is 0.259 e. The third-order valence-electron chi connectivity index (χ3n) is 5.40. The van der Waals surface area contributed by atoms with Gasteiger partial charge >= 0.3 is 0 Å². The molecule has 150 valence electrons. The fraction of sp³-hybridized carbons (Fsp3) is 0.320. The number of hydrogen-bond acceptors (Lipinski definition) is 3. The normalized spacial score (nSPS) is 14.0. The Morgan fingerprint density at radius 3 is 2.34 bits per heavy atom. The third kappa shape index (κ3) is 5.50. The number of benzene rings is 2. The van der Waals surface area contributed by atoms with Crippen LogP contribution < -0.4 is 0 Å². The van der Waals surface area contributed by atoms with Gasteiger partial charge in [-0.2, -0.15) is 0 Å². The summed E-state index contributed by atoms with van der Waals surface area (Å²) < 4.78 is 0. The summed E-state index contributed by atoms with van der Waals surface area (Å²) in [6.07, 6.45) is 8.64. The van der Waals surface area contributed by atoms with E-state index in [0.29, 0.717) is 5.56 Å². The Bertz CT molecular complexity index is 938. The van der Waals surface area contributed by atoms with Crippen molar-refractivity contribution in [2.45, 2.75) is 52.0 Å². The van der Waals surface area contributed by atoms with Crippen molar-refractivity contribution in [1.29, 1.82) is 5.41 Å². The first kappa shape index (κ1) is 20.7. The van der Waals surface area contributed by atoms with Crippen molar-refractivity contribution in [2.75, 3.05) is 0 Å². The van der Waals surface area contributed by atoms with Crippen LogP contribution in [0.2, 0.25) is 0 Å².